The number of benzene rings is 18. The van der Waals surface area contributed by atoms with Gasteiger partial charge in [-0.15, -0.1) is 0 Å². The highest BCUT2D eigenvalue weighted by Gasteiger charge is 2.30. The molecule has 5 aromatic heterocycles. The lowest BCUT2D eigenvalue weighted by atomic mass is 9.98. The summed E-state index contributed by atoms with van der Waals surface area (Å²) in [6, 6.07) is 151. The van der Waals surface area contributed by atoms with Crippen LogP contribution in [-0.2, 0) is 0 Å². The van der Waals surface area contributed by atoms with E-state index in [1.807, 2.05) is 0 Å². The third-order valence-electron chi connectivity index (χ3n) is 24.3. The van der Waals surface area contributed by atoms with E-state index in [9.17, 15) is 0 Å². The van der Waals surface area contributed by atoms with Crippen LogP contribution in [0.15, 0.2) is 413 Å². The van der Waals surface area contributed by atoms with Gasteiger partial charge in [-0.2, -0.15) is 0 Å². The van der Waals surface area contributed by atoms with Crippen molar-refractivity contribution in [2.45, 2.75) is 0 Å². The second kappa shape index (κ2) is 26.1. The van der Waals surface area contributed by atoms with Crippen molar-refractivity contribution in [3.05, 3.63) is 413 Å². The first-order valence-electron chi connectivity index (χ1n) is 39.8. The summed E-state index contributed by atoms with van der Waals surface area (Å²) in [6.07, 6.45) is 0. The highest BCUT2D eigenvalue weighted by molar-refractivity contribution is 6.19. The molecule has 6 heteroatoms. The van der Waals surface area contributed by atoms with Crippen molar-refractivity contribution in [3.8, 4) is 135 Å². The summed E-state index contributed by atoms with van der Waals surface area (Å²) in [6.45, 7) is 0. The maximum absolute atomic E-state index is 5.71. The van der Waals surface area contributed by atoms with E-state index < -0.39 is 0 Å². The van der Waals surface area contributed by atoms with Gasteiger partial charge >= 0.3 is 0 Å². The van der Waals surface area contributed by atoms with Gasteiger partial charge in [0.05, 0.1) is 55.5 Å². The van der Waals surface area contributed by atoms with Crippen molar-refractivity contribution in [2.75, 3.05) is 0 Å². The van der Waals surface area contributed by atoms with Gasteiger partial charge < -0.3 is 18.3 Å². The van der Waals surface area contributed by atoms with Gasteiger partial charge in [-0.3, -0.25) is 0 Å². The fourth-order valence-electron chi connectivity index (χ4n) is 18.8. The van der Waals surface area contributed by atoms with Crippen molar-refractivity contribution in [2.24, 2.45) is 0 Å². The molecule has 0 saturated heterocycles. The van der Waals surface area contributed by atoms with Crippen LogP contribution < -0.4 is 0 Å². The van der Waals surface area contributed by atoms with E-state index in [1.165, 1.54) is 120 Å². The minimum Gasteiger partial charge on any atom is -0.309 e. The van der Waals surface area contributed by atoms with E-state index in [4.69, 9.17) is 9.97 Å². The summed E-state index contributed by atoms with van der Waals surface area (Å²) in [5.41, 5.74) is 34.9. The third-order valence-corrected chi connectivity index (χ3v) is 24.3. The normalized spacial score (nSPS) is 12.0. The van der Waals surface area contributed by atoms with E-state index in [1.54, 1.807) is 0 Å². The van der Waals surface area contributed by atoms with Crippen molar-refractivity contribution in [3.63, 3.8) is 0 Å². The molecule has 0 atom stereocenters. The molecule has 116 heavy (non-hydrogen) atoms. The van der Waals surface area contributed by atoms with Crippen molar-refractivity contribution >= 4 is 98.0 Å². The first-order valence-corrected chi connectivity index (χ1v) is 39.8. The smallest absolute Gasteiger partial charge is 0.160 e. The van der Waals surface area contributed by atoms with Crippen molar-refractivity contribution in [1.82, 2.24) is 28.2 Å². The molecule has 0 radical (unpaired) electrons. The Morgan fingerprint density at radius 2 is 0.405 bits per heavy atom. The molecule has 23 aromatic rings. The molecule has 18 aromatic carbocycles. The molecule has 0 bridgehead atoms. The number of hydrogen-bond acceptors (Lipinski definition) is 2. The Bertz CT molecular complexity index is 7930. The lowest BCUT2D eigenvalue weighted by Gasteiger charge is -2.14. The molecule has 0 N–H and O–H groups in total. The van der Waals surface area contributed by atoms with Crippen LogP contribution in [0.4, 0.5) is 0 Å². The van der Waals surface area contributed by atoms with Crippen LogP contribution >= 0.6 is 0 Å². The van der Waals surface area contributed by atoms with Crippen LogP contribution in [0.3, 0.4) is 0 Å². The first kappa shape index (κ1) is 65.2. The maximum Gasteiger partial charge on any atom is 0.160 e. The monoisotopic (exact) mass is 1470 g/mol. The Kier molecular flexibility index (Phi) is 14.7. The Labute approximate surface area is 668 Å². The number of nitrogens with zero attached hydrogens (tertiary/aromatic N) is 6. The van der Waals surface area contributed by atoms with Crippen molar-refractivity contribution < 1.29 is 0 Å². The summed E-state index contributed by atoms with van der Waals surface area (Å²) in [5, 5.41) is 12.0. The predicted molar refractivity (Wildman–Crippen MR) is 485 cm³/mol. The molecule has 0 fully saturated rings. The average Bonchev–Trinajstić information content (AvgIpc) is 1.58. The summed E-state index contributed by atoms with van der Waals surface area (Å²) in [5.74, 6) is 0.671. The first-order chi connectivity index (χ1) is 57.5. The summed E-state index contributed by atoms with van der Waals surface area (Å²) < 4.78 is 9.68. The minimum atomic E-state index is 0.671. The number of para-hydroxylation sites is 2. The van der Waals surface area contributed by atoms with Gasteiger partial charge in [0, 0.05) is 88.1 Å². The van der Waals surface area contributed by atoms with Crippen LogP contribution in [0.1, 0.15) is 0 Å². The largest absolute Gasteiger partial charge is 0.309 e. The van der Waals surface area contributed by atoms with E-state index in [2.05, 4.69) is 431 Å². The molecule has 0 amide bonds. The average molecular weight is 1470 g/mol. The lowest BCUT2D eigenvalue weighted by molar-refractivity contribution is 1.16. The highest BCUT2D eigenvalue weighted by atomic mass is 15.0. The van der Waals surface area contributed by atoms with E-state index in [0.717, 1.165) is 106 Å². The SMILES string of the molecule is c1ccc(-c2ccc3c(c2)c2cc(-c4ccc5c(c4)c4cc(-c6ccccc6)ccc4n5-c4ccc(-c5nc(-c6ccc(-n7c8ccc(-c9ccccc9)cc8c8cc(-c9ccc%10c(c9)c9cc(-c%11ccccc%11)ccc9n%10-c9ccccc9)ccc87)cc6)c6c(n5)-c5cccc7cccc-6c57)cc4)ccc2n3-c2ccccc2)cc1. The minimum absolute atomic E-state index is 0.671. The summed E-state index contributed by atoms with van der Waals surface area (Å²) in [4.78, 5) is 11.3. The Hall–Kier alpha value is -15.5. The van der Waals surface area contributed by atoms with Gasteiger partial charge in [-0.05, 0) is 241 Å². The van der Waals surface area contributed by atoms with E-state index >= 15 is 0 Å². The second-order valence-electron chi connectivity index (χ2n) is 30.8. The molecule has 0 unspecified atom stereocenters. The number of fused-ring (bicyclic) bond motifs is 15. The van der Waals surface area contributed by atoms with Gasteiger partial charge in [0.2, 0.25) is 0 Å². The molecular formula is C110H68N6. The molecule has 1 aliphatic rings. The lowest BCUT2D eigenvalue weighted by Crippen LogP contribution is -1.99. The second-order valence-corrected chi connectivity index (χ2v) is 30.8. The molecule has 0 aliphatic heterocycles. The summed E-state index contributed by atoms with van der Waals surface area (Å²) in [7, 11) is 0. The van der Waals surface area contributed by atoms with Crippen LogP contribution in [0.2, 0.25) is 0 Å². The molecule has 6 nitrogen and oxygen atoms in total. The van der Waals surface area contributed by atoms with Crippen LogP contribution in [0.5, 0.6) is 0 Å². The number of rotatable bonds is 12. The molecule has 0 spiro atoms. The fourth-order valence-corrected chi connectivity index (χ4v) is 18.8. The van der Waals surface area contributed by atoms with Gasteiger partial charge in [-0.25, -0.2) is 9.97 Å². The van der Waals surface area contributed by atoms with E-state index in [0.29, 0.717) is 5.82 Å². The predicted octanol–water partition coefficient (Wildman–Crippen LogP) is 29.0. The van der Waals surface area contributed by atoms with Gasteiger partial charge in [0.1, 0.15) is 0 Å². The molecule has 0 saturated carbocycles. The summed E-state index contributed by atoms with van der Waals surface area (Å²) >= 11 is 0. The third kappa shape index (κ3) is 10.4. The molecule has 24 rings (SSSR count). The molecule has 538 valence electrons. The molecule has 1 aliphatic carbocycles. The Balaban J connectivity index is 0.619. The highest BCUT2D eigenvalue weighted by Crippen LogP contribution is 2.52. The zero-order valence-electron chi connectivity index (χ0n) is 62.9. The zero-order valence-corrected chi connectivity index (χ0v) is 62.9. The van der Waals surface area contributed by atoms with Gasteiger partial charge in [-0.1, -0.05) is 255 Å². The van der Waals surface area contributed by atoms with Crippen LogP contribution in [-0.4, -0.2) is 28.2 Å². The van der Waals surface area contributed by atoms with Gasteiger partial charge in [0.15, 0.2) is 5.82 Å². The van der Waals surface area contributed by atoms with Crippen molar-refractivity contribution in [1.29, 1.82) is 0 Å². The quantitative estimate of drug-likeness (QED) is 0.122. The Morgan fingerprint density at radius 3 is 0.707 bits per heavy atom. The Morgan fingerprint density at radius 1 is 0.164 bits per heavy atom. The topological polar surface area (TPSA) is 45.5 Å². The zero-order chi connectivity index (χ0) is 76.1. The van der Waals surface area contributed by atoms with Crippen LogP contribution in [0.25, 0.3) is 233 Å². The fraction of sp³-hybridized carbons (Fsp3) is 0. The molecular weight excluding hydrogens is 1410 g/mol. The number of hydrogen-bond donors (Lipinski definition) is 0. The number of aromatic nitrogens is 6. The maximum atomic E-state index is 5.71. The standard InChI is InChI=1S/C110H68N6/c1-7-21-69(22-8-1)76-41-53-98-90(61-76)94-65-80(45-57-100(94)113(98)84-31-15-5-16-32-84)82-47-59-104-96(67-82)92-63-78(71-25-11-3-12-26-71)43-55-102(92)115(104)86-49-37-74(38-50-86)108-107-88-35-19-29-73-30-20-36-89(106(73)88)109(107)112-110(111-108)75-39-51-87(52-40-75)116-103-56-44-79(72-27-13-4-14-28-72)64-93(103)97-68-83(48-60-105(97)116)81-46-58-101-95(66-81)91-62-77(70-23-9-2-10-24-70)42-54-99(91)114(101)85-33-17-6-18-34-85/h1-68H. The van der Waals surface area contributed by atoms with Crippen LogP contribution in [0, 0.1) is 0 Å². The van der Waals surface area contributed by atoms with Gasteiger partial charge in [0.25, 0.3) is 0 Å². The molecule has 5 heterocycles. The van der Waals surface area contributed by atoms with E-state index in [-0.39, 0.29) is 0 Å².